The van der Waals surface area contributed by atoms with Crippen LogP contribution < -0.4 is 0 Å². The van der Waals surface area contributed by atoms with Gasteiger partial charge >= 0.3 is 5.97 Å². The first-order valence-electron chi connectivity index (χ1n) is 5.36. The van der Waals surface area contributed by atoms with Gasteiger partial charge in [0.25, 0.3) is 0 Å². The zero-order valence-corrected chi connectivity index (χ0v) is 11.1. The molecule has 0 amide bonds. The minimum absolute atomic E-state index is 0.171. The highest BCUT2D eigenvalue weighted by molar-refractivity contribution is 6.67. The summed E-state index contributed by atoms with van der Waals surface area (Å²) in [5.74, 6) is -0.443. The number of hydrogen-bond acceptors (Lipinski definition) is 2. The van der Waals surface area contributed by atoms with Gasteiger partial charge in [-0.2, -0.15) is 0 Å². The molecule has 4 atom stereocenters. The Kier molecular flexibility index (Phi) is 3.44. The van der Waals surface area contributed by atoms with Gasteiger partial charge in [0, 0.05) is 5.92 Å². The van der Waals surface area contributed by atoms with Gasteiger partial charge in [0.1, 0.15) is 0 Å². The maximum Gasteiger partial charge on any atom is 0.309 e. The van der Waals surface area contributed by atoms with Crippen LogP contribution in [-0.4, -0.2) is 16.4 Å². The lowest BCUT2D eigenvalue weighted by atomic mass is 9.84. The summed E-state index contributed by atoms with van der Waals surface area (Å²) in [7, 11) is 0. The summed E-state index contributed by atoms with van der Waals surface area (Å²) in [4.78, 5) is 11.9. The van der Waals surface area contributed by atoms with Crippen LogP contribution in [0.2, 0.25) is 0 Å². The molecule has 0 heterocycles. The molecule has 0 N–H and O–H groups in total. The molecule has 5 heteroatoms. The normalized spacial score (nSPS) is 36.8. The third-order valence-electron chi connectivity index (χ3n) is 3.40. The predicted octanol–water partition coefficient (Wildman–Crippen LogP) is 3.36. The molecule has 2 bridgehead atoms. The summed E-state index contributed by atoms with van der Waals surface area (Å²) in [6.07, 6.45) is 4.98. The molecule has 0 aromatic carbocycles. The molecule has 1 saturated carbocycles. The highest BCUT2D eigenvalue weighted by Crippen LogP contribution is 2.57. The number of carbonyl (C=O) groups is 1. The molecule has 1 fully saturated rings. The number of rotatable bonds is 2. The Labute approximate surface area is 110 Å². The number of ether oxygens (including phenoxy) is 1. The number of esters is 1. The van der Waals surface area contributed by atoms with Crippen LogP contribution in [-0.2, 0) is 9.53 Å². The van der Waals surface area contributed by atoms with Crippen molar-refractivity contribution in [1.82, 2.24) is 0 Å². The zero-order valence-electron chi connectivity index (χ0n) is 8.83. The minimum atomic E-state index is -1.40. The molecule has 0 unspecified atom stereocenters. The van der Waals surface area contributed by atoms with Crippen molar-refractivity contribution in [2.45, 2.75) is 17.1 Å². The molecule has 2 aliphatic carbocycles. The van der Waals surface area contributed by atoms with Crippen LogP contribution in [0.25, 0.3) is 0 Å². The summed E-state index contributed by atoms with van der Waals surface area (Å²) in [5.41, 5.74) is 0. The summed E-state index contributed by atoms with van der Waals surface area (Å²) in [6.45, 7) is 2.15. The first kappa shape index (κ1) is 12.5. The van der Waals surface area contributed by atoms with Crippen molar-refractivity contribution >= 4 is 40.8 Å². The van der Waals surface area contributed by atoms with E-state index in [9.17, 15) is 4.79 Å². The Morgan fingerprint density at radius 1 is 1.38 bits per heavy atom. The molecule has 0 spiro atoms. The minimum Gasteiger partial charge on any atom is -0.466 e. The Hall–Kier alpha value is 0.0800. The fourth-order valence-electron chi connectivity index (χ4n) is 2.83. The van der Waals surface area contributed by atoms with Crippen LogP contribution in [0.15, 0.2) is 12.2 Å². The fourth-order valence-corrected chi connectivity index (χ4v) is 3.72. The molecular weight excluding hydrogens is 270 g/mol. The molecule has 16 heavy (non-hydrogen) atoms. The van der Waals surface area contributed by atoms with Crippen molar-refractivity contribution in [3.8, 4) is 0 Å². The predicted molar refractivity (Wildman–Crippen MR) is 64.6 cm³/mol. The van der Waals surface area contributed by atoms with E-state index in [0.29, 0.717) is 6.61 Å². The monoisotopic (exact) mass is 282 g/mol. The van der Waals surface area contributed by atoms with Gasteiger partial charge < -0.3 is 4.74 Å². The molecule has 0 radical (unpaired) electrons. The van der Waals surface area contributed by atoms with Crippen LogP contribution >= 0.6 is 34.8 Å². The molecule has 0 aromatic heterocycles. The van der Waals surface area contributed by atoms with E-state index in [1.165, 1.54) is 0 Å². The number of allylic oxidation sites excluding steroid dienone is 2. The average molecular weight is 284 g/mol. The molecule has 2 rings (SSSR count). The lowest BCUT2D eigenvalue weighted by Gasteiger charge is -2.31. The van der Waals surface area contributed by atoms with Crippen molar-refractivity contribution in [3.05, 3.63) is 12.2 Å². The SMILES string of the molecule is CCOC(=O)[C@H]1[C@H](C(Cl)(Cl)Cl)[C@H]2C=C[C@H]1C2. The van der Waals surface area contributed by atoms with Gasteiger partial charge in [-0.3, -0.25) is 4.79 Å². The van der Waals surface area contributed by atoms with Crippen molar-refractivity contribution in [1.29, 1.82) is 0 Å². The molecule has 0 aliphatic heterocycles. The summed E-state index contributed by atoms with van der Waals surface area (Å²) < 4.78 is 3.65. The van der Waals surface area contributed by atoms with Gasteiger partial charge in [-0.25, -0.2) is 0 Å². The largest absolute Gasteiger partial charge is 0.466 e. The first-order valence-corrected chi connectivity index (χ1v) is 6.50. The van der Waals surface area contributed by atoms with Gasteiger partial charge in [0.05, 0.1) is 12.5 Å². The van der Waals surface area contributed by atoms with E-state index < -0.39 is 3.79 Å². The highest BCUT2D eigenvalue weighted by atomic mass is 35.6. The van der Waals surface area contributed by atoms with E-state index in [4.69, 9.17) is 39.5 Å². The summed E-state index contributed by atoms with van der Waals surface area (Å²) >= 11 is 17.9. The van der Waals surface area contributed by atoms with Crippen molar-refractivity contribution in [2.24, 2.45) is 23.7 Å². The van der Waals surface area contributed by atoms with Gasteiger partial charge in [0.15, 0.2) is 3.79 Å². The standard InChI is InChI=1S/C11H13Cl3O2/c1-2-16-10(15)8-6-3-4-7(5-6)9(8)11(12,13)14/h3-4,6-9H,2,5H2,1H3/t6-,7-,8+,9+/m0/s1. The quantitative estimate of drug-likeness (QED) is 0.441. The van der Waals surface area contributed by atoms with E-state index >= 15 is 0 Å². The number of alkyl halides is 3. The lowest BCUT2D eigenvalue weighted by Crippen LogP contribution is -2.36. The molecule has 0 aromatic rings. The zero-order chi connectivity index (χ0) is 11.9. The molecule has 0 saturated heterocycles. The van der Waals surface area contributed by atoms with Crippen LogP contribution in [0, 0.1) is 23.7 Å². The summed E-state index contributed by atoms with van der Waals surface area (Å²) in [6, 6.07) is 0. The van der Waals surface area contributed by atoms with Gasteiger partial charge in [-0.1, -0.05) is 47.0 Å². The third kappa shape index (κ3) is 2.07. The molecular formula is C11H13Cl3O2. The summed E-state index contributed by atoms with van der Waals surface area (Å²) in [5, 5.41) is 0. The smallest absolute Gasteiger partial charge is 0.309 e. The topological polar surface area (TPSA) is 26.3 Å². The molecule has 2 aliphatic rings. The number of fused-ring (bicyclic) bond motifs is 2. The third-order valence-corrected chi connectivity index (χ3v) is 4.15. The number of carbonyl (C=O) groups excluding carboxylic acids is 1. The second kappa shape index (κ2) is 4.40. The van der Waals surface area contributed by atoms with Crippen molar-refractivity contribution in [2.75, 3.05) is 6.61 Å². The number of hydrogen-bond donors (Lipinski definition) is 0. The van der Waals surface area contributed by atoms with E-state index in [1.54, 1.807) is 6.92 Å². The fraction of sp³-hybridized carbons (Fsp3) is 0.727. The first-order chi connectivity index (χ1) is 7.45. The second-order valence-corrected chi connectivity index (χ2v) is 6.66. The molecule has 90 valence electrons. The highest BCUT2D eigenvalue weighted by Gasteiger charge is 2.56. The van der Waals surface area contributed by atoms with E-state index in [-0.39, 0.29) is 29.6 Å². The maximum atomic E-state index is 11.9. The van der Waals surface area contributed by atoms with E-state index in [2.05, 4.69) is 0 Å². The Bertz CT molecular complexity index is 322. The molecule has 2 nitrogen and oxygen atoms in total. The van der Waals surface area contributed by atoms with Gasteiger partial charge in [-0.05, 0) is 25.2 Å². The Balaban J connectivity index is 2.22. The second-order valence-electron chi connectivity index (χ2n) is 4.29. The maximum absolute atomic E-state index is 11.9. The van der Waals surface area contributed by atoms with Crippen LogP contribution in [0.1, 0.15) is 13.3 Å². The van der Waals surface area contributed by atoms with Crippen LogP contribution in [0.4, 0.5) is 0 Å². The number of halogens is 3. The lowest BCUT2D eigenvalue weighted by molar-refractivity contribution is -0.150. The average Bonchev–Trinajstić information content (AvgIpc) is 2.74. The van der Waals surface area contributed by atoms with Crippen molar-refractivity contribution in [3.63, 3.8) is 0 Å². The Morgan fingerprint density at radius 3 is 2.56 bits per heavy atom. The van der Waals surface area contributed by atoms with Gasteiger partial charge in [0.2, 0.25) is 0 Å². The van der Waals surface area contributed by atoms with Crippen molar-refractivity contribution < 1.29 is 9.53 Å². The van der Waals surface area contributed by atoms with Crippen LogP contribution in [0.3, 0.4) is 0 Å². The van der Waals surface area contributed by atoms with Gasteiger partial charge in [-0.15, -0.1) is 0 Å². The van der Waals surface area contributed by atoms with E-state index in [1.807, 2.05) is 12.2 Å². The Morgan fingerprint density at radius 2 is 2.00 bits per heavy atom. The van der Waals surface area contributed by atoms with Crippen LogP contribution in [0.5, 0.6) is 0 Å². The van der Waals surface area contributed by atoms with E-state index in [0.717, 1.165) is 6.42 Å².